The van der Waals surface area contributed by atoms with Gasteiger partial charge < -0.3 is 5.32 Å². The molecule has 6 heteroatoms. The van der Waals surface area contributed by atoms with E-state index in [4.69, 9.17) is 0 Å². The third kappa shape index (κ3) is 3.12. The van der Waals surface area contributed by atoms with Gasteiger partial charge >= 0.3 is 0 Å². The van der Waals surface area contributed by atoms with E-state index in [1.165, 1.54) is 6.20 Å². The lowest BCUT2D eigenvalue weighted by Crippen LogP contribution is -2.43. The second-order valence-corrected chi connectivity index (χ2v) is 7.07. The van der Waals surface area contributed by atoms with Gasteiger partial charge in [-0.05, 0) is 31.4 Å². The van der Waals surface area contributed by atoms with Crippen molar-refractivity contribution in [3.05, 3.63) is 18.3 Å². The molecule has 0 aliphatic carbocycles. The number of nitrogens with one attached hydrogen (secondary N) is 1. The molecule has 112 valence electrons. The van der Waals surface area contributed by atoms with E-state index < -0.39 is 10.0 Å². The van der Waals surface area contributed by atoms with Crippen LogP contribution in [0.1, 0.15) is 39.0 Å². The van der Waals surface area contributed by atoms with Crippen LogP contribution in [0.2, 0.25) is 0 Å². The minimum absolute atomic E-state index is 0.141. The fourth-order valence-corrected chi connectivity index (χ4v) is 4.40. The third-order valence-electron chi connectivity index (χ3n) is 3.79. The van der Waals surface area contributed by atoms with Crippen LogP contribution in [0.15, 0.2) is 23.2 Å². The summed E-state index contributed by atoms with van der Waals surface area (Å²) in [6.07, 6.45) is 6.41. The van der Waals surface area contributed by atoms with Crippen molar-refractivity contribution in [3.63, 3.8) is 0 Å². The van der Waals surface area contributed by atoms with Gasteiger partial charge in [0.2, 0.25) is 10.0 Å². The van der Waals surface area contributed by atoms with Crippen molar-refractivity contribution in [1.82, 2.24) is 9.29 Å². The minimum atomic E-state index is -3.42. The summed E-state index contributed by atoms with van der Waals surface area (Å²) in [6.45, 7) is 2.73. The predicted molar refractivity (Wildman–Crippen MR) is 80.2 cm³/mol. The number of nitrogens with zero attached hydrogens (tertiary/aromatic N) is 2. The van der Waals surface area contributed by atoms with E-state index in [1.807, 2.05) is 0 Å². The van der Waals surface area contributed by atoms with Gasteiger partial charge in [-0.3, -0.25) is 0 Å². The zero-order valence-corrected chi connectivity index (χ0v) is 13.0. The van der Waals surface area contributed by atoms with E-state index in [1.54, 1.807) is 23.5 Å². The Kier molecular flexibility index (Phi) is 4.99. The molecule has 20 heavy (non-hydrogen) atoms. The van der Waals surface area contributed by atoms with Gasteiger partial charge in [-0.25, -0.2) is 13.4 Å². The van der Waals surface area contributed by atoms with Gasteiger partial charge in [0.1, 0.15) is 10.7 Å². The van der Waals surface area contributed by atoms with Crippen LogP contribution < -0.4 is 5.32 Å². The molecule has 0 radical (unpaired) electrons. The molecule has 1 N–H and O–H groups in total. The molecule has 1 aliphatic heterocycles. The largest absolute Gasteiger partial charge is 0.373 e. The van der Waals surface area contributed by atoms with Crippen molar-refractivity contribution in [3.8, 4) is 0 Å². The van der Waals surface area contributed by atoms with Crippen molar-refractivity contribution in [2.45, 2.75) is 50.0 Å². The van der Waals surface area contributed by atoms with Crippen LogP contribution in [0, 0.1) is 0 Å². The smallest absolute Gasteiger partial charge is 0.244 e. The number of piperidine rings is 1. The summed E-state index contributed by atoms with van der Waals surface area (Å²) < 4.78 is 27.2. The second kappa shape index (κ2) is 6.54. The highest BCUT2D eigenvalue weighted by Crippen LogP contribution is 2.27. The predicted octanol–water partition coefficient (Wildman–Crippen LogP) is 2.47. The Morgan fingerprint density at radius 2 is 2.20 bits per heavy atom. The molecule has 1 atom stereocenters. The van der Waals surface area contributed by atoms with Gasteiger partial charge in [0.15, 0.2) is 0 Å². The van der Waals surface area contributed by atoms with Gasteiger partial charge in [-0.2, -0.15) is 4.31 Å². The fourth-order valence-electron chi connectivity index (χ4n) is 2.73. The quantitative estimate of drug-likeness (QED) is 0.907. The van der Waals surface area contributed by atoms with Crippen LogP contribution in [-0.2, 0) is 10.0 Å². The van der Waals surface area contributed by atoms with E-state index in [9.17, 15) is 8.42 Å². The Balaban J connectivity index is 2.26. The SMILES string of the molecule is CCCC1CCCCN1S(=O)(=O)c1ccc(NC)nc1. The van der Waals surface area contributed by atoms with Gasteiger partial charge in [0, 0.05) is 25.8 Å². The topological polar surface area (TPSA) is 62.3 Å². The van der Waals surface area contributed by atoms with Crippen LogP contribution in [-0.4, -0.2) is 37.3 Å². The maximum atomic E-state index is 12.7. The Morgan fingerprint density at radius 3 is 2.80 bits per heavy atom. The molecule has 1 fully saturated rings. The van der Waals surface area contributed by atoms with Crippen molar-refractivity contribution in [2.75, 3.05) is 18.9 Å². The van der Waals surface area contributed by atoms with Crippen molar-refractivity contribution in [2.24, 2.45) is 0 Å². The lowest BCUT2D eigenvalue weighted by atomic mass is 10.0. The lowest BCUT2D eigenvalue weighted by Gasteiger charge is -2.34. The normalized spacial score (nSPS) is 20.8. The summed E-state index contributed by atoms with van der Waals surface area (Å²) in [7, 11) is -1.65. The molecule has 2 rings (SSSR count). The second-order valence-electron chi connectivity index (χ2n) is 5.18. The van der Waals surface area contributed by atoms with Gasteiger partial charge in [-0.1, -0.05) is 19.8 Å². The molecule has 0 aromatic carbocycles. The summed E-state index contributed by atoms with van der Waals surface area (Å²) in [4.78, 5) is 4.40. The number of hydrogen-bond acceptors (Lipinski definition) is 4. The highest BCUT2D eigenvalue weighted by Gasteiger charge is 2.32. The first-order chi connectivity index (χ1) is 9.59. The van der Waals surface area contributed by atoms with E-state index in [2.05, 4.69) is 17.2 Å². The van der Waals surface area contributed by atoms with E-state index in [0.29, 0.717) is 17.3 Å². The average molecular weight is 297 g/mol. The molecule has 0 amide bonds. The lowest BCUT2D eigenvalue weighted by molar-refractivity contribution is 0.239. The van der Waals surface area contributed by atoms with Gasteiger partial charge in [0.25, 0.3) is 0 Å². The number of aromatic nitrogens is 1. The summed E-state index contributed by atoms with van der Waals surface area (Å²) in [5.74, 6) is 0.674. The molecular formula is C14H23N3O2S. The molecule has 0 bridgehead atoms. The number of anilines is 1. The first kappa shape index (κ1) is 15.3. The molecule has 1 aliphatic rings. The molecule has 0 saturated carbocycles. The van der Waals surface area contributed by atoms with E-state index in [0.717, 1.165) is 32.1 Å². The Labute approximate surface area is 121 Å². The first-order valence-corrected chi connectivity index (χ1v) is 8.69. The van der Waals surface area contributed by atoms with Crippen LogP contribution in [0.4, 0.5) is 5.82 Å². The Bertz CT molecular complexity index is 526. The molecule has 1 aromatic rings. The number of hydrogen-bond donors (Lipinski definition) is 1. The zero-order chi connectivity index (χ0) is 14.6. The fraction of sp³-hybridized carbons (Fsp3) is 0.643. The van der Waals surface area contributed by atoms with Crippen molar-refractivity contribution >= 4 is 15.8 Å². The van der Waals surface area contributed by atoms with Crippen LogP contribution in [0.25, 0.3) is 0 Å². The number of rotatable bonds is 5. The van der Waals surface area contributed by atoms with Gasteiger partial charge in [0.05, 0.1) is 0 Å². The Morgan fingerprint density at radius 1 is 1.40 bits per heavy atom. The van der Waals surface area contributed by atoms with Crippen LogP contribution >= 0.6 is 0 Å². The highest BCUT2D eigenvalue weighted by molar-refractivity contribution is 7.89. The summed E-state index contributed by atoms with van der Waals surface area (Å²) in [5.41, 5.74) is 0. The minimum Gasteiger partial charge on any atom is -0.373 e. The summed E-state index contributed by atoms with van der Waals surface area (Å²) in [5, 5.41) is 2.89. The average Bonchev–Trinajstić information content (AvgIpc) is 2.48. The molecule has 5 nitrogen and oxygen atoms in total. The highest BCUT2D eigenvalue weighted by atomic mass is 32.2. The molecule has 0 spiro atoms. The van der Waals surface area contributed by atoms with Crippen LogP contribution in [0.5, 0.6) is 0 Å². The Hall–Kier alpha value is -1.14. The molecule has 1 saturated heterocycles. The summed E-state index contributed by atoms with van der Waals surface area (Å²) in [6, 6.07) is 3.47. The van der Waals surface area contributed by atoms with Gasteiger partial charge in [-0.15, -0.1) is 0 Å². The third-order valence-corrected chi connectivity index (χ3v) is 5.73. The van der Waals surface area contributed by atoms with E-state index >= 15 is 0 Å². The monoisotopic (exact) mass is 297 g/mol. The number of pyridine rings is 1. The van der Waals surface area contributed by atoms with Crippen molar-refractivity contribution < 1.29 is 8.42 Å². The maximum absolute atomic E-state index is 12.7. The molecule has 1 aromatic heterocycles. The molecule has 2 heterocycles. The maximum Gasteiger partial charge on any atom is 0.244 e. The van der Waals surface area contributed by atoms with Crippen molar-refractivity contribution in [1.29, 1.82) is 0 Å². The molecule has 1 unspecified atom stereocenters. The summed E-state index contributed by atoms with van der Waals surface area (Å²) >= 11 is 0. The first-order valence-electron chi connectivity index (χ1n) is 7.25. The standard InChI is InChI=1S/C14H23N3O2S/c1-3-6-12-7-4-5-10-17(12)20(18,19)13-8-9-14(15-2)16-11-13/h8-9,11-12H,3-7,10H2,1-2H3,(H,15,16). The van der Waals surface area contributed by atoms with Crippen LogP contribution in [0.3, 0.4) is 0 Å². The molecular weight excluding hydrogens is 274 g/mol. The zero-order valence-electron chi connectivity index (χ0n) is 12.2. The van der Waals surface area contributed by atoms with E-state index in [-0.39, 0.29) is 6.04 Å². The number of sulfonamides is 1.